The molecule has 31 heavy (non-hydrogen) atoms. The number of carbonyl (C=O) groups is 2. The number of amides is 2. The molecule has 0 fully saturated rings. The van der Waals surface area contributed by atoms with Crippen LogP contribution in [0.4, 0.5) is 11.4 Å². The average molecular weight is 435 g/mol. The van der Waals surface area contributed by atoms with Gasteiger partial charge in [-0.05, 0) is 78.4 Å². The lowest BCUT2D eigenvalue weighted by Crippen LogP contribution is -2.16. The molecular formula is C26H27ClN2O2. The van der Waals surface area contributed by atoms with E-state index in [2.05, 4.69) is 31.4 Å². The number of hydrogen-bond donors (Lipinski definition) is 2. The molecule has 5 heteroatoms. The van der Waals surface area contributed by atoms with Gasteiger partial charge in [-0.25, -0.2) is 0 Å². The quantitative estimate of drug-likeness (QED) is 0.476. The number of hydrogen-bond acceptors (Lipinski definition) is 2. The van der Waals surface area contributed by atoms with Crippen molar-refractivity contribution < 1.29 is 9.59 Å². The Kier molecular flexibility index (Phi) is 6.51. The Morgan fingerprint density at radius 1 is 0.742 bits per heavy atom. The van der Waals surface area contributed by atoms with Crippen molar-refractivity contribution in [3.05, 3.63) is 93.5 Å². The summed E-state index contributed by atoms with van der Waals surface area (Å²) < 4.78 is 0. The standard InChI is InChI=1S/C26H27ClN2O2/c1-16-12-17(2)14-21(13-16)28-25(31)19-8-11-22(27)23(15-19)29-24(30)18-6-9-20(10-7-18)26(3,4)5/h6-15H,1-5H3,(H,28,31)(H,29,30). The lowest BCUT2D eigenvalue weighted by molar-refractivity contribution is 0.101. The highest BCUT2D eigenvalue weighted by Gasteiger charge is 2.16. The van der Waals surface area contributed by atoms with E-state index in [1.54, 1.807) is 30.3 Å². The minimum absolute atomic E-state index is 0.00976. The van der Waals surface area contributed by atoms with Gasteiger partial charge in [-0.3, -0.25) is 9.59 Å². The average Bonchev–Trinajstić information content (AvgIpc) is 2.68. The van der Waals surface area contributed by atoms with Crippen LogP contribution in [0.3, 0.4) is 0 Å². The van der Waals surface area contributed by atoms with Crippen molar-refractivity contribution in [3.63, 3.8) is 0 Å². The minimum Gasteiger partial charge on any atom is -0.322 e. The monoisotopic (exact) mass is 434 g/mol. The summed E-state index contributed by atoms with van der Waals surface area (Å²) in [6.07, 6.45) is 0. The number of halogens is 1. The Morgan fingerprint density at radius 2 is 1.29 bits per heavy atom. The predicted octanol–water partition coefficient (Wildman–Crippen LogP) is 6.76. The molecule has 0 spiro atoms. The molecule has 2 N–H and O–H groups in total. The van der Waals surface area contributed by atoms with Crippen molar-refractivity contribution in [3.8, 4) is 0 Å². The molecule has 160 valence electrons. The number of carbonyl (C=O) groups excluding carboxylic acids is 2. The maximum Gasteiger partial charge on any atom is 0.255 e. The SMILES string of the molecule is Cc1cc(C)cc(NC(=O)c2ccc(Cl)c(NC(=O)c3ccc(C(C)(C)C)cc3)c2)c1. The molecule has 0 aromatic heterocycles. The molecular weight excluding hydrogens is 408 g/mol. The summed E-state index contributed by atoms with van der Waals surface area (Å²) in [4.78, 5) is 25.4. The molecule has 0 saturated heterocycles. The fraction of sp³-hybridized carbons (Fsp3) is 0.231. The zero-order chi connectivity index (χ0) is 22.8. The van der Waals surface area contributed by atoms with Gasteiger partial charge in [-0.15, -0.1) is 0 Å². The van der Waals surface area contributed by atoms with Crippen LogP contribution in [-0.4, -0.2) is 11.8 Å². The van der Waals surface area contributed by atoms with E-state index in [1.807, 2.05) is 44.2 Å². The number of aryl methyl sites for hydroxylation is 2. The van der Waals surface area contributed by atoms with Crippen molar-refractivity contribution in [2.75, 3.05) is 10.6 Å². The molecule has 0 saturated carbocycles. The van der Waals surface area contributed by atoms with E-state index in [1.165, 1.54) is 0 Å². The first kappa shape index (κ1) is 22.6. The molecule has 4 nitrogen and oxygen atoms in total. The van der Waals surface area contributed by atoms with Crippen LogP contribution in [0.25, 0.3) is 0 Å². The van der Waals surface area contributed by atoms with E-state index in [4.69, 9.17) is 11.6 Å². The molecule has 0 atom stereocenters. The van der Waals surface area contributed by atoms with Crippen molar-refractivity contribution in [2.45, 2.75) is 40.0 Å². The van der Waals surface area contributed by atoms with Gasteiger partial charge in [0.1, 0.15) is 0 Å². The largest absolute Gasteiger partial charge is 0.322 e. The van der Waals surface area contributed by atoms with Crippen molar-refractivity contribution in [1.29, 1.82) is 0 Å². The van der Waals surface area contributed by atoms with Crippen LogP contribution >= 0.6 is 11.6 Å². The van der Waals surface area contributed by atoms with E-state index in [9.17, 15) is 9.59 Å². The highest BCUT2D eigenvalue weighted by Crippen LogP contribution is 2.26. The molecule has 0 heterocycles. The van der Waals surface area contributed by atoms with E-state index in [0.29, 0.717) is 21.8 Å². The van der Waals surface area contributed by atoms with Crippen molar-refractivity contribution >= 4 is 34.8 Å². The fourth-order valence-electron chi connectivity index (χ4n) is 3.33. The number of benzene rings is 3. The molecule has 3 rings (SSSR count). The van der Waals surface area contributed by atoms with Gasteiger partial charge in [-0.2, -0.15) is 0 Å². The Labute approximate surface area is 188 Å². The second-order valence-corrected chi connectivity index (χ2v) is 9.21. The van der Waals surface area contributed by atoms with Crippen LogP contribution in [0.1, 0.15) is 58.2 Å². The number of anilines is 2. The predicted molar refractivity (Wildman–Crippen MR) is 128 cm³/mol. The van der Waals surface area contributed by atoms with Crippen LogP contribution < -0.4 is 10.6 Å². The molecule has 0 aliphatic heterocycles. The smallest absolute Gasteiger partial charge is 0.255 e. The molecule has 0 unspecified atom stereocenters. The van der Waals surface area contributed by atoms with Gasteiger partial charge >= 0.3 is 0 Å². The molecule has 3 aromatic rings. The van der Waals surface area contributed by atoms with Crippen LogP contribution in [0.2, 0.25) is 5.02 Å². The zero-order valence-electron chi connectivity index (χ0n) is 18.5. The van der Waals surface area contributed by atoms with Gasteiger partial charge < -0.3 is 10.6 Å². The summed E-state index contributed by atoms with van der Waals surface area (Å²) in [6.45, 7) is 10.3. The molecule has 3 aromatic carbocycles. The molecule has 0 aliphatic rings. The Morgan fingerprint density at radius 3 is 1.87 bits per heavy atom. The summed E-state index contributed by atoms with van der Waals surface area (Å²) in [7, 11) is 0. The van der Waals surface area contributed by atoms with Crippen molar-refractivity contribution in [2.24, 2.45) is 0 Å². The van der Waals surface area contributed by atoms with Crippen LogP contribution in [-0.2, 0) is 5.41 Å². The topological polar surface area (TPSA) is 58.2 Å². The van der Waals surface area contributed by atoms with Gasteiger partial charge in [0.2, 0.25) is 0 Å². The zero-order valence-corrected chi connectivity index (χ0v) is 19.2. The van der Waals surface area contributed by atoms with Crippen molar-refractivity contribution in [1.82, 2.24) is 0 Å². The van der Waals surface area contributed by atoms with Gasteiger partial charge in [0.25, 0.3) is 11.8 Å². The fourth-order valence-corrected chi connectivity index (χ4v) is 3.49. The third kappa shape index (κ3) is 5.74. The Bertz CT molecular complexity index is 1110. The Hall–Kier alpha value is -3.11. The molecule has 0 bridgehead atoms. The first-order valence-corrected chi connectivity index (χ1v) is 10.5. The second kappa shape index (κ2) is 8.94. The number of rotatable bonds is 4. The summed E-state index contributed by atoms with van der Waals surface area (Å²) >= 11 is 6.27. The summed E-state index contributed by atoms with van der Waals surface area (Å²) in [5.41, 5.74) is 5.33. The van der Waals surface area contributed by atoms with Gasteiger partial charge in [0, 0.05) is 16.8 Å². The lowest BCUT2D eigenvalue weighted by atomic mass is 9.87. The maximum absolute atomic E-state index is 12.7. The third-order valence-electron chi connectivity index (χ3n) is 4.97. The third-order valence-corrected chi connectivity index (χ3v) is 5.30. The number of nitrogens with one attached hydrogen (secondary N) is 2. The van der Waals surface area contributed by atoms with E-state index >= 15 is 0 Å². The van der Waals surface area contributed by atoms with E-state index < -0.39 is 0 Å². The van der Waals surface area contributed by atoms with E-state index in [-0.39, 0.29) is 17.2 Å². The lowest BCUT2D eigenvalue weighted by Gasteiger charge is -2.19. The molecule has 0 aliphatic carbocycles. The molecule has 0 radical (unpaired) electrons. The molecule has 2 amide bonds. The highest BCUT2D eigenvalue weighted by molar-refractivity contribution is 6.34. The van der Waals surface area contributed by atoms with Crippen LogP contribution in [0, 0.1) is 13.8 Å². The van der Waals surface area contributed by atoms with Crippen LogP contribution in [0.5, 0.6) is 0 Å². The highest BCUT2D eigenvalue weighted by atomic mass is 35.5. The second-order valence-electron chi connectivity index (χ2n) is 8.81. The van der Waals surface area contributed by atoms with Gasteiger partial charge in [-0.1, -0.05) is 50.6 Å². The van der Waals surface area contributed by atoms with Gasteiger partial charge in [0.05, 0.1) is 10.7 Å². The normalized spacial score (nSPS) is 11.2. The summed E-state index contributed by atoms with van der Waals surface area (Å²) in [6, 6.07) is 18.2. The maximum atomic E-state index is 12.7. The minimum atomic E-state index is -0.283. The van der Waals surface area contributed by atoms with Gasteiger partial charge in [0.15, 0.2) is 0 Å². The first-order valence-electron chi connectivity index (χ1n) is 10.1. The van der Waals surface area contributed by atoms with Crippen LogP contribution in [0.15, 0.2) is 60.7 Å². The summed E-state index contributed by atoms with van der Waals surface area (Å²) in [5.74, 6) is -0.555. The van der Waals surface area contributed by atoms with E-state index in [0.717, 1.165) is 22.4 Å². The summed E-state index contributed by atoms with van der Waals surface area (Å²) in [5, 5.41) is 6.07. The Balaban J connectivity index is 1.77. The first-order chi connectivity index (χ1) is 14.5.